The van der Waals surface area contributed by atoms with E-state index in [1.165, 1.54) is 0 Å². The van der Waals surface area contributed by atoms with E-state index in [1.54, 1.807) is 45.0 Å². The van der Waals surface area contributed by atoms with Crippen LogP contribution < -0.4 is 10.6 Å². The Morgan fingerprint density at radius 2 is 1.79 bits per heavy atom. The number of nitrogens with one attached hydrogen (secondary N) is 2. The number of ether oxygens (including phenoxy) is 1. The number of carbonyl (C=O) groups is 4. The van der Waals surface area contributed by atoms with Gasteiger partial charge in [0.2, 0.25) is 0 Å². The summed E-state index contributed by atoms with van der Waals surface area (Å²) in [5.41, 5.74) is 0.0796. The summed E-state index contributed by atoms with van der Waals surface area (Å²) in [6.07, 6.45) is -0.690. The summed E-state index contributed by atoms with van der Waals surface area (Å²) in [4.78, 5) is 47.1. The van der Waals surface area contributed by atoms with Gasteiger partial charge in [-0.2, -0.15) is 0 Å². The van der Waals surface area contributed by atoms with Gasteiger partial charge in [-0.15, -0.1) is 0 Å². The van der Waals surface area contributed by atoms with Crippen molar-refractivity contribution in [1.82, 2.24) is 10.6 Å². The maximum atomic E-state index is 12.6. The monoisotopic (exact) mass is 392 g/mol. The van der Waals surface area contributed by atoms with E-state index < -0.39 is 47.4 Å². The molecule has 1 aliphatic rings. The molecule has 1 fully saturated rings. The Bertz CT molecular complexity index is 763. The lowest BCUT2D eigenvalue weighted by atomic mass is 9.93. The average Bonchev–Trinajstić information content (AvgIpc) is 3.04. The van der Waals surface area contributed by atoms with Gasteiger partial charge in [-0.25, -0.2) is 4.79 Å². The summed E-state index contributed by atoms with van der Waals surface area (Å²) in [5, 5.41) is 23.7. The summed E-state index contributed by atoms with van der Waals surface area (Å²) in [5.74, 6) is -3.97. The first-order valence-electron chi connectivity index (χ1n) is 8.80. The number of carboxylic acid groups (broad SMARTS) is 2. The number of ketones is 1. The number of hydrogen-bond acceptors (Lipinski definition) is 6. The Balaban J connectivity index is 2.15. The molecule has 1 aliphatic heterocycles. The van der Waals surface area contributed by atoms with Crippen LogP contribution in [0.3, 0.4) is 0 Å². The number of aliphatic carboxylic acids is 2. The molecule has 1 amide bonds. The van der Waals surface area contributed by atoms with Crippen molar-refractivity contribution in [3.05, 3.63) is 35.4 Å². The van der Waals surface area contributed by atoms with Crippen molar-refractivity contribution in [2.24, 2.45) is 5.92 Å². The third-order valence-corrected chi connectivity index (χ3v) is 4.28. The van der Waals surface area contributed by atoms with Crippen molar-refractivity contribution in [2.75, 3.05) is 6.54 Å². The summed E-state index contributed by atoms with van der Waals surface area (Å²) in [7, 11) is 0. The van der Waals surface area contributed by atoms with Crippen LogP contribution in [0.25, 0.3) is 0 Å². The fourth-order valence-corrected chi connectivity index (χ4v) is 3.11. The lowest BCUT2D eigenvalue weighted by molar-refractivity contribution is -0.149. The second kappa shape index (κ2) is 8.39. The Hall–Kier alpha value is -2.94. The Morgan fingerprint density at radius 3 is 2.32 bits per heavy atom. The van der Waals surface area contributed by atoms with Crippen molar-refractivity contribution in [3.8, 4) is 0 Å². The Labute approximate surface area is 162 Å². The molecule has 2 rings (SSSR count). The summed E-state index contributed by atoms with van der Waals surface area (Å²) < 4.78 is 5.09. The molecule has 1 saturated heterocycles. The standard InChI is InChI=1S/C19H24N2O7/c1-19(2,3)28-18(27)20-9-14(22)11-7-5-4-6-10(11)13-8-12(16(23)24)15(21-13)17(25)26/h4-7,12-13,15,21H,8-9H2,1-3H3,(H,20,27)(H,23,24)(H,25,26). The first-order chi connectivity index (χ1) is 13.0. The van der Waals surface area contributed by atoms with Gasteiger partial charge < -0.3 is 20.3 Å². The highest BCUT2D eigenvalue weighted by Gasteiger charge is 2.43. The van der Waals surface area contributed by atoms with Crippen LogP contribution in [0.4, 0.5) is 4.79 Å². The van der Waals surface area contributed by atoms with Crippen LogP contribution in [0.5, 0.6) is 0 Å². The molecule has 1 heterocycles. The molecular weight excluding hydrogens is 368 g/mol. The van der Waals surface area contributed by atoms with Gasteiger partial charge in [-0.05, 0) is 32.8 Å². The van der Waals surface area contributed by atoms with Gasteiger partial charge in [0.05, 0.1) is 12.5 Å². The maximum absolute atomic E-state index is 12.6. The van der Waals surface area contributed by atoms with Crippen molar-refractivity contribution in [3.63, 3.8) is 0 Å². The second-order valence-corrected chi connectivity index (χ2v) is 7.58. The smallest absolute Gasteiger partial charge is 0.408 e. The van der Waals surface area contributed by atoms with Crippen LogP contribution >= 0.6 is 0 Å². The van der Waals surface area contributed by atoms with E-state index in [0.717, 1.165) is 0 Å². The largest absolute Gasteiger partial charge is 0.481 e. The molecule has 0 saturated carbocycles. The number of amides is 1. The second-order valence-electron chi connectivity index (χ2n) is 7.58. The van der Waals surface area contributed by atoms with Crippen molar-refractivity contribution in [2.45, 2.75) is 44.9 Å². The highest BCUT2D eigenvalue weighted by Crippen LogP contribution is 2.33. The molecule has 0 spiro atoms. The van der Waals surface area contributed by atoms with Crippen molar-refractivity contribution >= 4 is 23.8 Å². The van der Waals surface area contributed by atoms with E-state index in [9.17, 15) is 29.4 Å². The molecule has 1 aromatic rings. The molecule has 9 nitrogen and oxygen atoms in total. The zero-order valence-electron chi connectivity index (χ0n) is 15.9. The zero-order valence-corrected chi connectivity index (χ0v) is 15.9. The highest BCUT2D eigenvalue weighted by atomic mass is 16.6. The lowest BCUT2D eigenvalue weighted by Crippen LogP contribution is -2.39. The van der Waals surface area contributed by atoms with Gasteiger partial charge in [0.15, 0.2) is 5.78 Å². The van der Waals surface area contributed by atoms with Gasteiger partial charge in [0.25, 0.3) is 0 Å². The Kier molecular flexibility index (Phi) is 6.40. The maximum Gasteiger partial charge on any atom is 0.408 e. The third-order valence-electron chi connectivity index (χ3n) is 4.28. The van der Waals surface area contributed by atoms with Crippen LogP contribution in [0.1, 0.15) is 49.2 Å². The quantitative estimate of drug-likeness (QED) is 0.535. The van der Waals surface area contributed by atoms with Gasteiger partial charge in [-0.1, -0.05) is 24.3 Å². The predicted molar refractivity (Wildman–Crippen MR) is 98.1 cm³/mol. The lowest BCUT2D eigenvalue weighted by Gasteiger charge is -2.20. The number of carboxylic acids is 2. The predicted octanol–water partition coefficient (Wildman–Crippen LogP) is 1.58. The number of alkyl carbamates (subject to hydrolysis) is 1. The Morgan fingerprint density at radius 1 is 1.14 bits per heavy atom. The van der Waals surface area contributed by atoms with Crippen LogP contribution in [-0.4, -0.2) is 52.2 Å². The molecular formula is C19H24N2O7. The number of hydrogen-bond donors (Lipinski definition) is 4. The molecule has 0 aliphatic carbocycles. The van der Waals surface area contributed by atoms with Crippen LogP contribution in [0, 0.1) is 5.92 Å². The normalized spacial score (nSPS) is 21.8. The van der Waals surface area contributed by atoms with Crippen LogP contribution in [0.2, 0.25) is 0 Å². The number of carbonyl (C=O) groups excluding carboxylic acids is 2. The molecule has 152 valence electrons. The summed E-state index contributed by atoms with van der Waals surface area (Å²) >= 11 is 0. The highest BCUT2D eigenvalue weighted by molar-refractivity contribution is 6.00. The minimum atomic E-state index is -1.26. The minimum Gasteiger partial charge on any atom is -0.481 e. The third kappa shape index (κ3) is 5.29. The fraction of sp³-hybridized carbons (Fsp3) is 0.474. The molecule has 3 atom stereocenters. The topological polar surface area (TPSA) is 142 Å². The van der Waals surface area contributed by atoms with Crippen molar-refractivity contribution in [1.29, 1.82) is 0 Å². The first-order valence-corrected chi connectivity index (χ1v) is 8.80. The minimum absolute atomic E-state index is 0.0378. The molecule has 0 radical (unpaired) electrons. The van der Waals surface area contributed by atoms with Crippen LogP contribution in [0.15, 0.2) is 24.3 Å². The molecule has 4 N–H and O–H groups in total. The van der Waals surface area contributed by atoms with Gasteiger partial charge in [-0.3, -0.25) is 19.7 Å². The fourth-order valence-electron chi connectivity index (χ4n) is 3.11. The zero-order chi connectivity index (χ0) is 21.1. The number of benzene rings is 1. The molecule has 1 aromatic carbocycles. The summed E-state index contributed by atoms with van der Waals surface area (Å²) in [6.45, 7) is 4.80. The SMILES string of the molecule is CC(C)(C)OC(=O)NCC(=O)c1ccccc1C1CC(C(=O)O)C(C(=O)O)N1. The van der Waals surface area contributed by atoms with Gasteiger partial charge >= 0.3 is 18.0 Å². The van der Waals surface area contributed by atoms with Crippen LogP contribution in [-0.2, 0) is 14.3 Å². The number of Topliss-reactive ketones (excluding diaryl/α,β-unsaturated/α-hetero) is 1. The number of rotatable bonds is 6. The molecule has 28 heavy (non-hydrogen) atoms. The molecule has 0 aromatic heterocycles. The first kappa shape index (κ1) is 21.4. The van der Waals surface area contributed by atoms with Crippen molar-refractivity contribution < 1.29 is 34.1 Å². The van der Waals surface area contributed by atoms with E-state index in [1.807, 2.05) is 0 Å². The van der Waals surface area contributed by atoms with E-state index in [4.69, 9.17) is 4.74 Å². The molecule has 3 unspecified atom stereocenters. The molecule has 0 bridgehead atoms. The van der Waals surface area contributed by atoms with E-state index in [-0.39, 0.29) is 18.5 Å². The van der Waals surface area contributed by atoms with Gasteiger partial charge in [0.1, 0.15) is 11.6 Å². The summed E-state index contributed by atoms with van der Waals surface area (Å²) in [6, 6.07) is 4.66. The molecule has 9 heteroatoms. The van der Waals surface area contributed by atoms with Gasteiger partial charge in [0, 0.05) is 11.6 Å². The van der Waals surface area contributed by atoms with E-state index in [0.29, 0.717) is 5.56 Å². The van der Waals surface area contributed by atoms with E-state index >= 15 is 0 Å². The van der Waals surface area contributed by atoms with E-state index in [2.05, 4.69) is 10.6 Å². The average molecular weight is 392 g/mol.